The van der Waals surface area contributed by atoms with Crippen LogP contribution in [0.3, 0.4) is 0 Å². The third-order valence-corrected chi connectivity index (χ3v) is 3.91. The first-order valence-corrected chi connectivity index (χ1v) is 8.46. The zero-order valence-electron chi connectivity index (χ0n) is 14.5. The largest absolute Gasteiger partial charge is 0.475 e. The Morgan fingerprint density at radius 2 is 1.96 bits per heavy atom. The maximum atomic E-state index is 12.6. The minimum absolute atomic E-state index is 0.0101. The molecule has 1 saturated heterocycles. The van der Waals surface area contributed by atoms with Gasteiger partial charge in [0, 0.05) is 50.5 Å². The molecule has 25 heavy (non-hydrogen) atoms. The molecule has 0 unspecified atom stereocenters. The highest BCUT2D eigenvalue weighted by atomic mass is 16.5. The van der Waals surface area contributed by atoms with Crippen molar-refractivity contribution in [1.29, 1.82) is 0 Å². The molecule has 0 aromatic carbocycles. The number of hydrogen-bond donors (Lipinski definition) is 0. The van der Waals surface area contributed by atoms with Crippen molar-refractivity contribution in [2.75, 3.05) is 13.1 Å². The van der Waals surface area contributed by atoms with E-state index >= 15 is 0 Å². The van der Waals surface area contributed by atoms with Crippen molar-refractivity contribution in [3.05, 3.63) is 42.5 Å². The van der Waals surface area contributed by atoms with Crippen molar-refractivity contribution < 1.29 is 14.3 Å². The Morgan fingerprint density at radius 3 is 2.56 bits per heavy atom. The molecule has 0 radical (unpaired) electrons. The molecule has 7 nitrogen and oxygen atoms in total. The Hall–Kier alpha value is -2.70. The van der Waals surface area contributed by atoms with Gasteiger partial charge in [-0.3, -0.25) is 4.79 Å². The molecule has 3 heterocycles. The van der Waals surface area contributed by atoms with Crippen LogP contribution in [0.1, 0.15) is 37.0 Å². The van der Waals surface area contributed by atoms with Gasteiger partial charge in [0.25, 0.3) is 5.91 Å². The molecule has 0 N–H and O–H groups in total. The fraction of sp³-hybridized carbons (Fsp3) is 0.444. The van der Waals surface area contributed by atoms with Gasteiger partial charge >= 0.3 is 0 Å². The predicted molar refractivity (Wildman–Crippen MR) is 91.6 cm³/mol. The van der Waals surface area contributed by atoms with Crippen molar-refractivity contribution in [2.24, 2.45) is 0 Å². The van der Waals surface area contributed by atoms with Crippen LogP contribution < -0.4 is 9.47 Å². The summed E-state index contributed by atoms with van der Waals surface area (Å²) in [7, 11) is 0. The van der Waals surface area contributed by atoms with E-state index in [1.54, 1.807) is 30.6 Å². The molecule has 1 aliphatic heterocycles. The smallest absolute Gasteiger partial charge is 0.255 e. The van der Waals surface area contributed by atoms with Crippen molar-refractivity contribution in [2.45, 2.75) is 38.9 Å². The number of carbonyl (C=O) groups is 1. The summed E-state index contributed by atoms with van der Waals surface area (Å²) in [5.74, 6) is 1.09. The summed E-state index contributed by atoms with van der Waals surface area (Å²) >= 11 is 0. The third kappa shape index (κ3) is 4.65. The molecule has 132 valence electrons. The lowest BCUT2D eigenvalue weighted by molar-refractivity contribution is 0.0587. The standard InChI is InChI=1S/C18H22N4O3/c1-13(2)24-16-4-3-14(11-20-16)18(23)22-9-6-15(7-10-22)25-17-5-8-19-12-21-17/h3-5,8,11-13,15H,6-7,9-10H2,1-2H3. The minimum atomic E-state index is -0.0101. The molecular formula is C18H22N4O3. The van der Waals surface area contributed by atoms with Gasteiger partial charge in [0.2, 0.25) is 11.8 Å². The van der Waals surface area contributed by atoms with E-state index in [0.29, 0.717) is 30.4 Å². The van der Waals surface area contributed by atoms with Crippen molar-refractivity contribution in [3.63, 3.8) is 0 Å². The highest BCUT2D eigenvalue weighted by molar-refractivity contribution is 5.94. The lowest BCUT2D eigenvalue weighted by atomic mass is 10.1. The number of likely N-dealkylation sites (tertiary alicyclic amines) is 1. The van der Waals surface area contributed by atoms with Crippen molar-refractivity contribution in [3.8, 4) is 11.8 Å². The Balaban J connectivity index is 1.52. The van der Waals surface area contributed by atoms with E-state index in [4.69, 9.17) is 9.47 Å². The minimum Gasteiger partial charge on any atom is -0.475 e. The summed E-state index contributed by atoms with van der Waals surface area (Å²) in [6.07, 6.45) is 6.37. The third-order valence-electron chi connectivity index (χ3n) is 3.91. The monoisotopic (exact) mass is 342 g/mol. The first kappa shape index (κ1) is 17.1. The predicted octanol–water partition coefficient (Wildman–Crippen LogP) is 2.34. The van der Waals surface area contributed by atoms with Crippen LogP contribution >= 0.6 is 0 Å². The fourth-order valence-corrected chi connectivity index (χ4v) is 2.70. The summed E-state index contributed by atoms with van der Waals surface area (Å²) in [6, 6.07) is 5.23. The van der Waals surface area contributed by atoms with E-state index < -0.39 is 0 Å². The Morgan fingerprint density at radius 1 is 1.16 bits per heavy atom. The van der Waals surface area contributed by atoms with Gasteiger partial charge in [-0.05, 0) is 19.9 Å². The summed E-state index contributed by atoms with van der Waals surface area (Å²) < 4.78 is 11.3. The number of ether oxygens (including phenoxy) is 2. The topological polar surface area (TPSA) is 77.4 Å². The highest BCUT2D eigenvalue weighted by Gasteiger charge is 2.25. The number of hydrogen-bond acceptors (Lipinski definition) is 6. The van der Waals surface area contributed by atoms with Crippen molar-refractivity contribution in [1.82, 2.24) is 19.9 Å². The van der Waals surface area contributed by atoms with Gasteiger partial charge in [0.15, 0.2) is 0 Å². The molecule has 0 bridgehead atoms. The zero-order chi connectivity index (χ0) is 17.6. The van der Waals surface area contributed by atoms with Gasteiger partial charge in [0.05, 0.1) is 11.7 Å². The molecule has 2 aromatic rings. The molecule has 0 atom stereocenters. The van der Waals surface area contributed by atoms with Crippen LogP contribution in [-0.2, 0) is 0 Å². The maximum Gasteiger partial charge on any atom is 0.255 e. The van der Waals surface area contributed by atoms with Gasteiger partial charge < -0.3 is 14.4 Å². The fourth-order valence-electron chi connectivity index (χ4n) is 2.70. The second-order valence-electron chi connectivity index (χ2n) is 6.21. The molecule has 1 fully saturated rings. The van der Waals surface area contributed by atoms with Crippen LogP contribution in [-0.4, -0.2) is 51.1 Å². The normalized spacial score (nSPS) is 15.2. The van der Waals surface area contributed by atoms with Gasteiger partial charge in [-0.1, -0.05) is 0 Å². The molecule has 0 spiro atoms. The average molecular weight is 342 g/mol. The average Bonchev–Trinajstić information content (AvgIpc) is 2.63. The zero-order valence-corrected chi connectivity index (χ0v) is 14.5. The Bertz CT molecular complexity index is 683. The SMILES string of the molecule is CC(C)Oc1ccc(C(=O)N2CCC(Oc3ccncn3)CC2)cn1. The quantitative estimate of drug-likeness (QED) is 0.830. The molecule has 1 aliphatic rings. The Kier molecular flexibility index (Phi) is 5.42. The molecule has 3 rings (SSSR count). The van der Waals surface area contributed by atoms with Crippen LogP contribution in [0.4, 0.5) is 0 Å². The number of amides is 1. The lowest BCUT2D eigenvalue weighted by Gasteiger charge is -2.31. The van der Waals surface area contributed by atoms with Gasteiger partial charge in [-0.25, -0.2) is 15.0 Å². The van der Waals surface area contributed by atoms with E-state index in [2.05, 4.69) is 15.0 Å². The van der Waals surface area contributed by atoms with Crippen LogP contribution in [0.5, 0.6) is 11.8 Å². The number of aromatic nitrogens is 3. The molecule has 2 aromatic heterocycles. The summed E-state index contributed by atoms with van der Waals surface area (Å²) in [5.41, 5.74) is 0.575. The van der Waals surface area contributed by atoms with Crippen LogP contribution in [0, 0.1) is 0 Å². The summed E-state index contributed by atoms with van der Waals surface area (Å²) in [6.45, 7) is 5.18. The Labute approximate surface area is 147 Å². The molecule has 0 saturated carbocycles. The lowest BCUT2D eigenvalue weighted by Crippen LogP contribution is -2.41. The maximum absolute atomic E-state index is 12.6. The molecular weight excluding hydrogens is 320 g/mol. The second kappa shape index (κ2) is 7.92. The van der Waals surface area contributed by atoms with E-state index in [9.17, 15) is 4.79 Å². The van der Waals surface area contributed by atoms with E-state index in [1.807, 2.05) is 18.7 Å². The number of rotatable bonds is 5. The van der Waals surface area contributed by atoms with E-state index in [0.717, 1.165) is 12.8 Å². The first-order chi connectivity index (χ1) is 12.1. The van der Waals surface area contributed by atoms with Gasteiger partial charge in [0.1, 0.15) is 12.4 Å². The number of carbonyl (C=O) groups excluding carboxylic acids is 1. The van der Waals surface area contributed by atoms with Crippen LogP contribution in [0.15, 0.2) is 36.9 Å². The molecule has 7 heteroatoms. The van der Waals surface area contributed by atoms with Gasteiger partial charge in [-0.2, -0.15) is 0 Å². The molecule has 1 amide bonds. The van der Waals surface area contributed by atoms with E-state index in [-0.39, 0.29) is 18.1 Å². The van der Waals surface area contributed by atoms with Gasteiger partial charge in [-0.15, -0.1) is 0 Å². The first-order valence-electron chi connectivity index (χ1n) is 8.46. The van der Waals surface area contributed by atoms with Crippen molar-refractivity contribution >= 4 is 5.91 Å². The number of pyridine rings is 1. The number of nitrogens with zero attached hydrogens (tertiary/aromatic N) is 4. The number of piperidine rings is 1. The summed E-state index contributed by atoms with van der Waals surface area (Å²) in [5, 5.41) is 0. The summed E-state index contributed by atoms with van der Waals surface area (Å²) in [4.78, 5) is 26.6. The van der Waals surface area contributed by atoms with Crippen LogP contribution in [0.2, 0.25) is 0 Å². The van der Waals surface area contributed by atoms with Crippen LogP contribution in [0.25, 0.3) is 0 Å². The second-order valence-corrected chi connectivity index (χ2v) is 6.21. The van der Waals surface area contributed by atoms with E-state index in [1.165, 1.54) is 6.33 Å². The molecule has 0 aliphatic carbocycles. The highest BCUT2D eigenvalue weighted by Crippen LogP contribution is 2.19.